The summed E-state index contributed by atoms with van der Waals surface area (Å²) in [5.74, 6) is -0.0413. The van der Waals surface area contributed by atoms with Crippen LogP contribution in [0.2, 0.25) is 0 Å². The second-order valence-electron chi connectivity index (χ2n) is 5.09. The van der Waals surface area contributed by atoms with Crippen molar-refractivity contribution >= 4 is 5.91 Å². The van der Waals surface area contributed by atoms with Gasteiger partial charge < -0.3 is 10.1 Å². The van der Waals surface area contributed by atoms with Crippen molar-refractivity contribution in [2.45, 2.75) is 25.7 Å². The summed E-state index contributed by atoms with van der Waals surface area (Å²) in [5, 5.41) is 2.92. The van der Waals surface area contributed by atoms with Gasteiger partial charge in [0.25, 0.3) is 5.91 Å². The van der Waals surface area contributed by atoms with Gasteiger partial charge in [-0.1, -0.05) is 60.2 Å². The van der Waals surface area contributed by atoms with Crippen LogP contribution < -0.4 is 5.32 Å². The zero-order valence-corrected chi connectivity index (χ0v) is 11.4. The van der Waals surface area contributed by atoms with Crippen molar-refractivity contribution in [3.63, 3.8) is 0 Å². The monoisotopic (exact) mass is 267 g/mol. The number of rotatable bonds is 4. The molecule has 0 bridgehead atoms. The number of aryl methyl sites for hydroxylation is 1. The van der Waals surface area contributed by atoms with Gasteiger partial charge in [0.15, 0.2) is 6.10 Å². The molecule has 3 nitrogen and oxygen atoms in total. The Bertz CT molecular complexity index is 609. The van der Waals surface area contributed by atoms with Crippen molar-refractivity contribution in [2.24, 2.45) is 0 Å². The predicted molar refractivity (Wildman–Crippen MR) is 77.1 cm³/mol. The average Bonchev–Trinajstić information content (AvgIpc) is 3.26. The summed E-state index contributed by atoms with van der Waals surface area (Å²) in [7, 11) is 0. The summed E-state index contributed by atoms with van der Waals surface area (Å²) >= 11 is 0. The van der Waals surface area contributed by atoms with Crippen LogP contribution in [-0.2, 0) is 16.1 Å². The minimum Gasteiger partial charge on any atom is -0.354 e. The molecule has 3 heteroatoms. The van der Waals surface area contributed by atoms with E-state index < -0.39 is 0 Å². The lowest BCUT2D eigenvalue weighted by atomic mass is 10.1. The number of carbonyl (C=O) groups excluding carboxylic acids is 1. The molecule has 2 atom stereocenters. The maximum atomic E-state index is 12.0. The van der Waals surface area contributed by atoms with Crippen LogP contribution in [-0.4, -0.2) is 12.0 Å². The normalized spacial score (nSPS) is 20.4. The molecule has 2 aromatic rings. The molecular weight excluding hydrogens is 250 g/mol. The highest BCUT2D eigenvalue weighted by molar-refractivity contribution is 5.84. The smallest absolute Gasteiger partial charge is 0.252 e. The molecule has 20 heavy (non-hydrogen) atoms. The van der Waals surface area contributed by atoms with Crippen molar-refractivity contribution < 1.29 is 9.53 Å². The molecule has 1 amide bonds. The molecule has 1 saturated heterocycles. The molecule has 1 aliphatic heterocycles. The van der Waals surface area contributed by atoms with E-state index in [1.807, 2.05) is 55.5 Å². The SMILES string of the molecule is Cc1cccc(CNC(=O)C2OC2c2ccccc2)c1. The highest BCUT2D eigenvalue weighted by Crippen LogP contribution is 2.38. The summed E-state index contributed by atoms with van der Waals surface area (Å²) < 4.78 is 5.46. The number of benzene rings is 2. The third-order valence-corrected chi connectivity index (χ3v) is 3.43. The lowest BCUT2D eigenvalue weighted by molar-refractivity contribution is -0.122. The first-order valence-electron chi connectivity index (χ1n) is 6.78. The maximum absolute atomic E-state index is 12.0. The quantitative estimate of drug-likeness (QED) is 0.865. The number of hydrogen-bond donors (Lipinski definition) is 1. The van der Waals surface area contributed by atoms with Gasteiger partial charge in [0.1, 0.15) is 6.10 Å². The molecule has 0 spiro atoms. The first kappa shape index (κ1) is 12.9. The summed E-state index contributed by atoms with van der Waals surface area (Å²) in [6.45, 7) is 2.59. The molecule has 3 rings (SSSR count). The fourth-order valence-corrected chi connectivity index (χ4v) is 2.32. The Hall–Kier alpha value is -2.13. The van der Waals surface area contributed by atoms with Crippen LogP contribution in [0.15, 0.2) is 54.6 Å². The Balaban J connectivity index is 1.54. The number of amides is 1. The predicted octanol–water partition coefficient (Wildman–Crippen LogP) is 2.75. The molecule has 1 fully saturated rings. The van der Waals surface area contributed by atoms with Crippen LogP contribution in [0, 0.1) is 6.92 Å². The van der Waals surface area contributed by atoms with E-state index in [1.165, 1.54) is 5.56 Å². The van der Waals surface area contributed by atoms with E-state index in [2.05, 4.69) is 11.4 Å². The Morgan fingerprint density at radius 1 is 1.15 bits per heavy atom. The van der Waals surface area contributed by atoms with Gasteiger partial charge in [0, 0.05) is 6.54 Å². The lowest BCUT2D eigenvalue weighted by Gasteiger charge is -2.04. The standard InChI is InChI=1S/C17H17NO2/c1-12-6-5-7-13(10-12)11-18-17(19)16-15(20-16)14-8-3-2-4-9-14/h2-10,15-16H,11H2,1H3,(H,18,19). The van der Waals surface area contributed by atoms with Crippen LogP contribution in [0.1, 0.15) is 22.8 Å². The van der Waals surface area contributed by atoms with Gasteiger partial charge in [0.05, 0.1) is 0 Å². The van der Waals surface area contributed by atoms with E-state index in [1.54, 1.807) is 0 Å². The zero-order valence-electron chi connectivity index (χ0n) is 11.4. The highest BCUT2D eigenvalue weighted by Gasteiger charge is 2.45. The number of carbonyl (C=O) groups is 1. The molecule has 0 saturated carbocycles. The van der Waals surface area contributed by atoms with Gasteiger partial charge in [-0.3, -0.25) is 4.79 Å². The molecule has 0 aliphatic carbocycles. The number of ether oxygens (including phenoxy) is 1. The largest absolute Gasteiger partial charge is 0.354 e. The molecule has 1 aliphatic rings. The highest BCUT2D eigenvalue weighted by atomic mass is 16.6. The van der Waals surface area contributed by atoms with E-state index in [-0.39, 0.29) is 18.1 Å². The average molecular weight is 267 g/mol. The van der Waals surface area contributed by atoms with Crippen LogP contribution in [0.4, 0.5) is 0 Å². The van der Waals surface area contributed by atoms with Crippen LogP contribution in [0.25, 0.3) is 0 Å². The minimum absolute atomic E-state index is 0.0413. The molecule has 1 heterocycles. The van der Waals surface area contributed by atoms with E-state index >= 15 is 0 Å². The number of hydrogen-bond acceptors (Lipinski definition) is 2. The molecule has 0 radical (unpaired) electrons. The summed E-state index contributed by atoms with van der Waals surface area (Å²) in [6, 6.07) is 18.0. The Kier molecular flexibility index (Phi) is 3.52. The van der Waals surface area contributed by atoms with Crippen LogP contribution >= 0.6 is 0 Å². The van der Waals surface area contributed by atoms with Gasteiger partial charge in [-0.2, -0.15) is 0 Å². The third kappa shape index (κ3) is 2.89. The lowest BCUT2D eigenvalue weighted by Crippen LogP contribution is -2.27. The first-order valence-corrected chi connectivity index (χ1v) is 6.78. The van der Waals surface area contributed by atoms with Gasteiger partial charge in [-0.05, 0) is 18.1 Å². The van der Waals surface area contributed by atoms with Crippen LogP contribution in [0.3, 0.4) is 0 Å². The number of epoxide rings is 1. The van der Waals surface area contributed by atoms with Crippen molar-refractivity contribution in [3.8, 4) is 0 Å². The minimum atomic E-state index is -0.345. The second-order valence-corrected chi connectivity index (χ2v) is 5.09. The molecule has 0 aromatic heterocycles. The van der Waals surface area contributed by atoms with Gasteiger partial charge in [0.2, 0.25) is 0 Å². The summed E-state index contributed by atoms with van der Waals surface area (Å²) in [4.78, 5) is 12.0. The van der Waals surface area contributed by atoms with Crippen molar-refractivity contribution in [1.82, 2.24) is 5.32 Å². The molecule has 1 N–H and O–H groups in total. The van der Waals surface area contributed by atoms with E-state index in [9.17, 15) is 4.79 Å². The first-order chi connectivity index (χ1) is 9.74. The molecule has 2 unspecified atom stereocenters. The fourth-order valence-electron chi connectivity index (χ4n) is 2.32. The Morgan fingerprint density at radius 3 is 2.70 bits per heavy atom. The summed E-state index contributed by atoms with van der Waals surface area (Å²) in [6.07, 6.45) is -0.434. The van der Waals surface area contributed by atoms with Crippen LogP contribution in [0.5, 0.6) is 0 Å². The van der Waals surface area contributed by atoms with E-state index in [0.29, 0.717) is 6.54 Å². The summed E-state index contributed by atoms with van der Waals surface area (Å²) in [5.41, 5.74) is 3.36. The number of nitrogens with one attached hydrogen (secondary N) is 1. The Morgan fingerprint density at radius 2 is 1.95 bits per heavy atom. The van der Waals surface area contributed by atoms with Crippen molar-refractivity contribution in [3.05, 3.63) is 71.3 Å². The molecule has 102 valence electrons. The van der Waals surface area contributed by atoms with Gasteiger partial charge in [-0.25, -0.2) is 0 Å². The topological polar surface area (TPSA) is 41.6 Å². The van der Waals surface area contributed by atoms with Crippen molar-refractivity contribution in [1.29, 1.82) is 0 Å². The van der Waals surface area contributed by atoms with E-state index in [0.717, 1.165) is 11.1 Å². The molecule has 2 aromatic carbocycles. The van der Waals surface area contributed by atoms with E-state index in [4.69, 9.17) is 4.74 Å². The second kappa shape index (κ2) is 5.47. The van der Waals surface area contributed by atoms with Crippen molar-refractivity contribution in [2.75, 3.05) is 0 Å². The zero-order chi connectivity index (χ0) is 13.9. The van der Waals surface area contributed by atoms with Gasteiger partial charge in [-0.15, -0.1) is 0 Å². The molecular formula is C17H17NO2. The Labute approximate surface area is 118 Å². The third-order valence-electron chi connectivity index (χ3n) is 3.43. The fraction of sp³-hybridized carbons (Fsp3) is 0.235. The maximum Gasteiger partial charge on any atom is 0.252 e. The van der Waals surface area contributed by atoms with Gasteiger partial charge >= 0.3 is 0 Å².